The molecule has 1 aromatic rings. The molecule has 0 atom stereocenters. The molecule has 1 aliphatic carbocycles. The Kier molecular flexibility index (Phi) is 2.98. The van der Waals surface area contributed by atoms with E-state index in [2.05, 4.69) is 10.5 Å². The zero-order chi connectivity index (χ0) is 8.93. The third-order valence-electron chi connectivity index (χ3n) is 2.26. The molecule has 0 amide bonds. The fourth-order valence-corrected chi connectivity index (χ4v) is 2.13. The Morgan fingerprint density at radius 1 is 1.46 bits per heavy atom. The quantitative estimate of drug-likeness (QED) is 0.536. The second-order valence-corrected chi connectivity index (χ2v) is 4.08. The molecule has 0 bridgehead atoms. The Morgan fingerprint density at radius 2 is 2.31 bits per heavy atom. The predicted octanol–water partition coefficient (Wildman–Crippen LogP) is 3.04. The molecule has 0 unspecified atom stereocenters. The monoisotopic (exact) mass is 195 g/mol. The minimum absolute atomic E-state index is 0.370. The third-order valence-corrected chi connectivity index (χ3v) is 2.96. The minimum Gasteiger partial charge on any atom is -0.393 e. The van der Waals surface area contributed by atoms with Crippen LogP contribution in [0.1, 0.15) is 31.2 Å². The van der Waals surface area contributed by atoms with Crippen molar-refractivity contribution in [3.8, 4) is 0 Å². The van der Waals surface area contributed by atoms with Gasteiger partial charge in [-0.3, -0.25) is 0 Å². The largest absolute Gasteiger partial charge is 0.393 e. The van der Waals surface area contributed by atoms with Crippen LogP contribution in [0.15, 0.2) is 22.0 Å². The van der Waals surface area contributed by atoms with Crippen LogP contribution in [0.5, 0.6) is 0 Å². The van der Waals surface area contributed by atoms with Crippen LogP contribution in [0.3, 0.4) is 0 Å². The summed E-state index contributed by atoms with van der Waals surface area (Å²) in [4.78, 5) is 5.35. The fourth-order valence-electron chi connectivity index (χ4n) is 1.52. The van der Waals surface area contributed by atoms with Crippen LogP contribution in [-0.2, 0) is 4.84 Å². The van der Waals surface area contributed by atoms with Crippen molar-refractivity contribution in [2.75, 3.05) is 0 Å². The molecule has 0 aromatic carbocycles. The summed E-state index contributed by atoms with van der Waals surface area (Å²) in [7, 11) is 0. The summed E-state index contributed by atoms with van der Waals surface area (Å²) in [5.41, 5.74) is 1.13. The maximum absolute atomic E-state index is 5.35. The van der Waals surface area contributed by atoms with Gasteiger partial charge in [0.15, 0.2) is 0 Å². The summed E-state index contributed by atoms with van der Waals surface area (Å²) in [5.74, 6) is 0. The average Bonchev–Trinajstić information content (AvgIpc) is 2.75. The Hall–Kier alpha value is -0.830. The molecule has 0 aliphatic heterocycles. The minimum atomic E-state index is 0.370. The van der Waals surface area contributed by atoms with Crippen molar-refractivity contribution >= 4 is 17.6 Å². The van der Waals surface area contributed by atoms with Crippen LogP contribution in [0.4, 0.5) is 0 Å². The molecule has 0 saturated heterocycles. The average molecular weight is 195 g/mol. The van der Waals surface area contributed by atoms with Crippen LogP contribution in [0, 0.1) is 0 Å². The van der Waals surface area contributed by atoms with Gasteiger partial charge in [0.2, 0.25) is 0 Å². The second-order valence-electron chi connectivity index (χ2n) is 3.30. The Balaban J connectivity index is 1.78. The molecule has 3 heteroatoms. The van der Waals surface area contributed by atoms with Gasteiger partial charge in [-0.2, -0.15) is 11.3 Å². The van der Waals surface area contributed by atoms with Crippen LogP contribution in [0.25, 0.3) is 0 Å². The van der Waals surface area contributed by atoms with E-state index in [4.69, 9.17) is 4.84 Å². The van der Waals surface area contributed by atoms with Gasteiger partial charge in [-0.25, -0.2) is 0 Å². The van der Waals surface area contributed by atoms with Crippen molar-refractivity contribution in [3.05, 3.63) is 22.4 Å². The lowest BCUT2D eigenvalue weighted by Gasteiger charge is -2.04. The Bertz CT molecular complexity index is 262. The topological polar surface area (TPSA) is 21.6 Å². The lowest BCUT2D eigenvalue weighted by molar-refractivity contribution is 0.0657. The number of hydrogen-bond donors (Lipinski definition) is 0. The van der Waals surface area contributed by atoms with Gasteiger partial charge in [-0.05, 0) is 42.5 Å². The van der Waals surface area contributed by atoms with Gasteiger partial charge < -0.3 is 4.84 Å². The highest BCUT2D eigenvalue weighted by Crippen LogP contribution is 2.20. The van der Waals surface area contributed by atoms with E-state index in [0.29, 0.717) is 6.10 Å². The van der Waals surface area contributed by atoms with E-state index in [1.54, 1.807) is 17.6 Å². The highest BCUT2D eigenvalue weighted by molar-refractivity contribution is 7.08. The SMILES string of the molecule is C(=N\OC1CCCC1)/c1ccsc1. The van der Waals surface area contributed by atoms with Gasteiger partial charge >= 0.3 is 0 Å². The molecule has 1 aromatic heterocycles. The maximum atomic E-state index is 5.35. The number of thiophene rings is 1. The Morgan fingerprint density at radius 3 is 3.00 bits per heavy atom. The van der Waals surface area contributed by atoms with Crippen LogP contribution < -0.4 is 0 Å². The van der Waals surface area contributed by atoms with E-state index in [0.717, 1.165) is 5.56 Å². The first-order valence-corrected chi connectivity index (χ1v) is 5.61. The highest BCUT2D eigenvalue weighted by atomic mass is 32.1. The molecule has 1 saturated carbocycles. The fraction of sp³-hybridized carbons (Fsp3) is 0.500. The van der Waals surface area contributed by atoms with Gasteiger partial charge in [0.1, 0.15) is 6.10 Å². The molecule has 0 N–H and O–H groups in total. The van der Waals surface area contributed by atoms with Crippen molar-refractivity contribution in [1.82, 2.24) is 0 Å². The first-order chi connectivity index (χ1) is 6.45. The van der Waals surface area contributed by atoms with E-state index >= 15 is 0 Å². The van der Waals surface area contributed by atoms with E-state index < -0.39 is 0 Å². The van der Waals surface area contributed by atoms with E-state index in [1.807, 2.05) is 11.4 Å². The molecular formula is C10H13NOS. The molecule has 1 aliphatic rings. The first kappa shape index (κ1) is 8.75. The molecule has 70 valence electrons. The maximum Gasteiger partial charge on any atom is 0.127 e. The summed E-state index contributed by atoms with van der Waals surface area (Å²) in [6.45, 7) is 0. The molecule has 0 spiro atoms. The van der Waals surface area contributed by atoms with Crippen LogP contribution in [-0.4, -0.2) is 12.3 Å². The molecule has 13 heavy (non-hydrogen) atoms. The van der Waals surface area contributed by atoms with Crippen LogP contribution >= 0.6 is 11.3 Å². The number of hydrogen-bond acceptors (Lipinski definition) is 3. The summed E-state index contributed by atoms with van der Waals surface area (Å²) in [6.07, 6.45) is 7.07. The van der Waals surface area contributed by atoms with Crippen molar-refractivity contribution in [1.29, 1.82) is 0 Å². The zero-order valence-corrected chi connectivity index (χ0v) is 8.30. The smallest absolute Gasteiger partial charge is 0.127 e. The molecule has 0 radical (unpaired) electrons. The predicted molar refractivity (Wildman–Crippen MR) is 55.3 cm³/mol. The number of nitrogens with zero attached hydrogens (tertiary/aromatic N) is 1. The first-order valence-electron chi connectivity index (χ1n) is 4.66. The summed E-state index contributed by atoms with van der Waals surface area (Å²) in [5, 5.41) is 8.07. The van der Waals surface area contributed by atoms with Crippen LogP contribution in [0.2, 0.25) is 0 Å². The Labute approximate surface area is 82.2 Å². The van der Waals surface area contributed by atoms with Gasteiger partial charge in [-0.15, -0.1) is 0 Å². The number of rotatable bonds is 3. The molecule has 1 fully saturated rings. The van der Waals surface area contributed by atoms with E-state index in [1.165, 1.54) is 25.7 Å². The molecular weight excluding hydrogens is 182 g/mol. The third kappa shape index (κ3) is 2.56. The van der Waals surface area contributed by atoms with E-state index in [9.17, 15) is 0 Å². The highest BCUT2D eigenvalue weighted by Gasteiger charge is 2.15. The van der Waals surface area contributed by atoms with Gasteiger partial charge in [0, 0.05) is 5.56 Å². The van der Waals surface area contributed by atoms with Gasteiger partial charge in [0.25, 0.3) is 0 Å². The second kappa shape index (κ2) is 4.42. The van der Waals surface area contributed by atoms with Crippen molar-refractivity contribution in [3.63, 3.8) is 0 Å². The molecule has 1 heterocycles. The van der Waals surface area contributed by atoms with Gasteiger partial charge in [0.05, 0.1) is 6.21 Å². The molecule has 2 nitrogen and oxygen atoms in total. The lowest BCUT2D eigenvalue weighted by atomic mass is 10.3. The summed E-state index contributed by atoms with van der Waals surface area (Å²) < 4.78 is 0. The summed E-state index contributed by atoms with van der Waals surface area (Å²) in [6, 6.07) is 2.03. The van der Waals surface area contributed by atoms with Crippen molar-refractivity contribution < 1.29 is 4.84 Å². The lowest BCUT2D eigenvalue weighted by Crippen LogP contribution is -2.02. The van der Waals surface area contributed by atoms with Crippen molar-refractivity contribution in [2.24, 2.45) is 5.16 Å². The van der Waals surface area contributed by atoms with Crippen molar-refractivity contribution in [2.45, 2.75) is 31.8 Å². The standard InChI is InChI=1S/C10H13NOS/c1-2-4-10(3-1)12-11-7-9-5-6-13-8-9/h5-8,10H,1-4H2/b11-7+. The zero-order valence-electron chi connectivity index (χ0n) is 7.48. The summed E-state index contributed by atoms with van der Waals surface area (Å²) >= 11 is 1.68. The van der Waals surface area contributed by atoms with E-state index in [-0.39, 0.29) is 0 Å². The molecule has 2 rings (SSSR count). The normalized spacial score (nSPS) is 18.5. The number of oxime groups is 1. The van der Waals surface area contributed by atoms with Gasteiger partial charge in [-0.1, -0.05) is 5.16 Å².